The minimum Gasteiger partial charge on any atom is -0.497 e. The second kappa shape index (κ2) is 11.0. The highest BCUT2D eigenvalue weighted by atomic mass is 19.1. The maximum atomic E-state index is 13.2. The van der Waals surface area contributed by atoms with Gasteiger partial charge in [-0.15, -0.1) is 0 Å². The molecular formula is C23H23FN2O7. The summed E-state index contributed by atoms with van der Waals surface area (Å²) in [7, 11) is 1.52. The van der Waals surface area contributed by atoms with Gasteiger partial charge in [-0.25, -0.2) is 18.8 Å². The molecule has 0 radical (unpaired) electrons. The molecule has 10 heteroatoms. The topological polar surface area (TPSA) is 112 Å². The third-order valence-corrected chi connectivity index (χ3v) is 4.63. The lowest BCUT2D eigenvalue weighted by Crippen LogP contribution is -2.47. The molecule has 33 heavy (non-hydrogen) atoms. The first kappa shape index (κ1) is 23.6. The fourth-order valence-corrected chi connectivity index (χ4v) is 3.12. The van der Waals surface area contributed by atoms with Crippen LogP contribution < -0.4 is 20.1 Å². The Morgan fingerprint density at radius 3 is 2.48 bits per heavy atom. The number of esters is 2. The monoisotopic (exact) mass is 458 g/mol. The molecule has 0 aromatic heterocycles. The molecular weight excluding hydrogens is 435 g/mol. The Morgan fingerprint density at radius 2 is 1.82 bits per heavy atom. The summed E-state index contributed by atoms with van der Waals surface area (Å²) in [4.78, 5) is 37.1. The van der Waals surface area contributed by atoms with Crippen LogP contribution >= 0.6 is 0 Å². The van der Waals surface area contributed by atoms with Crippen LogP contribution in [-0.4, -0.2) is 44.9 Å². The summed E-state index contributed by atoms with van der Waals surface area (Å²) in [6, 6.07) is 10.7. The fraction of sp³-hybridized carbons (Fsp3) is 0.261. The van der Waals surface area contributed by atoms with Crippen molar-refractivity contribution >= 4 is 18.0 Å². The first-order chi connectivity index (χ1) is 15.9. The largest absolute Gasteiger partial charge is 0.497 e. The van der Waals surface area contributed by atoms with Gasteiger partial charge in [0.25, 0.3) is 0 Å². The average molecular weight is 458 g/mol. The normalized spacial score (nSPS) is 15.2. The van der Waals surface area contributed by atoms with Crippen molar-refractivity contribution in [3.8, 4) is 11.5 Å². The van der Waals surface area contributed by atoms with Crippen LogP contribution in [0, 0.1) is 5.82 Å². The van der Waals surface area contributed by atoms with E-state index in [1.54, 1.807) is 31.2 Å². The smallest absolute Gasteiger partial charge is 0.344 e. The lowest BCUT2D eigenvalue weighted by Gasteiger charge is -2.29. The second-order valence-corrected chi connectivity index (χ2v) is 6.82. The Balaban J connectivity index is 1.77. The van der Waals surface area contributed by atoms with Crippen LogP contribution in [0.1, 0.15) is 18.5 Å². The lowest BCUT2D eigenvalue weighted by atomic mass is 9.95. The van der Waals surface area contributed by atoms with E-state index in [4.69, 9.17) is 18.9 Å². The first-order valence-corrected chi connectivity index (χ1v) is 10.1. The van der Waals surface area contributed by atoms with E-state index in [0.717, 1.165) is 6.07 Å². The van der Waals surface area contributed by atoms with Gasteiger partial charge in [0, 0.05) is 6.07 Å². The van der Waals surface area contributed by atoms with Crippen molar-refractivity contribution in [3.63, 3.8) is 0 Å². The summed E-state index contributed by atoms with van der Waals surface area (Å²) in [5.74, 6) is -1.19. The molecule has 0 saturated heterocycles. The summed E-state index contributed by atoms with van der Waals surface area (Å²) in [6.07, 6.45) is 0. The molecule has 0 aliphatic carbocycles. The number of benzene rings is 2. The van der Waals surface area contributed by atoms with E-state index in [0.29, 0.717) is 11.3 Å². The van der Waals surface area contributed by atoms with Gasteiger partial charge in [0.2, 0.25) is 0 Å². The molecule has 2 amide bonds. The van der Waals surface area contributed by atoms with Gasteiger partial charge < -0.3 is 29.6 Å². The summed E-state index contributed by atoms with van der Waals surface area (Å²) < 4.78 is 33.9. The molecule has 174 valence electrons. The summed E-state index contributed by atoms with van der Waals surface area (Å²) in [6.45, 7) is 0.873. The van der Waals surface area contributed by atoms with E-state index in [1.165, 1.54) is 25.3 Å². The van der Waals surface area contributed by atoms with Crippen molar-refractivity contribution < 1.29 is 37.7 Å². The van der Waals surface area contributed by atoms with Crippen molar-refractivity contribution in [1.29, 1.82) is 0 Å². The number of methoxy groups -OCH3 is 1. The predicted octanol–water partition coefficient (Wildman–Crippen LogP) is 2.63. The predicted molar refractivity (Wildman–Crippen MR) is 114 cm³/mol. The van der Waals surface area contributed by atoms with Crippen LogP contribution in [0.3, 0.4) is 0 Å². The molecule has 0 fully saturated rings. The molecule has 0 bridgehead atoms. The standard InChI is InChI=1S/C23H23FN2O7/c1-3-31-22(28)20-18(12-33-19(27)13-32-17-6-4-5-15(24)11-17)25-23(29)26-21(20)14-7-9-16(30-2)10-8-14/h4-11,21H,3,12-13H2,1-2H3,(H2,25,26,29). The molecule has 0 saturated carbocycles. The van der Waals surface area contributed by atoms with Crippen LogP contribution in [0.5, 0.6) is 11.5 Å². The number of ether oxygens (including phenoxy) is 4. The molecule has 2 aromatic rings. The zero-order chi connectivity index (χ0) is 23.8. The summed E-state index contributed by atoms with van der Waals surface area (Å²) in [5.41, 5.74) is 0.782. The van der Waals surface area contributed by atoms with Gasteiger partial charge in [0.15, 0.2) is 6.61 Å². The second-order valence-electron chi connectivity index (χ2n) is 6.82. The number of hydrogen-bond acceptors (Lipinski definition) is 7. The van der Waals surface area contributed by atoms with Crippen molar-refractivity contribution in [2.75, 3.05) is 26.9 Å². The van der Waals surface area contributed by atoms with Gasteiger partial charge in [-0.3, -0.25) is 0 Å². The van der Waals surface area contributed by atoms with Crippen LogP contribution in [0.4, 0.5) is 9.18 Å². The van der Waals surface area contributed by atoms with Gasteiger partial charge in [-0.2, -0.15) is 0 Å². The number of carbonyl (C=O) groups is 3. The number of amides is 2. The van der Waals surface area contributed by atoms with Crippen molar-refractivity contribution in [1.82, 2.24) is 10.6 Å². The molecule has 2 aromatic carbocycles. The highest BCUT2D eigenvalue weighted by Gasteiger charge is 2.34. The minimum atomic E-state index is -0.832. The van der Waals surface area contributed by atoms with E-state index in [9.17, 15) is 18.8 Å². The van der Waals surface area contributed by atoms with E-state index in [1.807, 2.05) is 0 Å². The summed E-state index contributed by atoms with van der Waals surface area (Å²) >= 11 is 0. The highest BCUT2D eigenvalue weighted by molar-refractivity contribution is 5.95. The zero-order valence-corrected chi connectivity index (χ0v) is 18.1. The van der Waals surface area contributed by atoms with E-state index < -0.39 is 43.0 Å². The van der Waals surface area contributed by atoms with Gasteiger partial charge in [0.05, 0.1) is 31.0 Å². The van der Waals surface area contributed by atoms with E-state index in [-0.39, 0.29) is 23.6 Å². The van der Waals surface area contributed by atoms with Gasteiger partial charge in [-0.05, 0) is 36.8 Å². The Morgan fingerprint density at radius 1 is 1.06 bits per heavy atom. The molecule has 1 aliphatic rings. The van der Waals surface area contributed by atoms with E-state index >= 15 is 0 Å². The number of hydrogen-bond donors (Lipinski definition) is 2. The molecule has 1 unspecified atom stereocenters. The molecule has 2 N–H and O–H groups in total. The Bertz CT molecular complexity index is 1050. The number of halogens is 1. The maximum Gasteiger partial charge on any atom is 0.344 e. The molecule has 9 nitrogen and oxygen atoms in total. The quantitative estimate of drug-likeness (QED) is 0.556. The number of urea groups is 1. The number of rotatable bonds is 9. The maximum absolute atomic E-state index is 13.2. The first-order valence-electron chi connectivity index (χ1n) is 10.1. The van der Waals surface area contributed by atoms with Gasteiger partial charge in [0.1, 0.15) is 23.9 Å². The molecule has 3 rings (SSSR count). The molecule has 1 atom stereocenters. The van der Waals surface area contributed by atoms with Crippen LogP contribution in [-0.2, 0) is 19.1 Å². The van der Waals surface area contributed by atoms with Crippen LogP contribution in [0.15, 0.2) is 59.8 Å². The number of nitrogens with one attached hydrogen (secondary N) is 2. The van der Waals surface area contributed by atoms with Crippen molar-refractivity contribution in [2.45, 2.75) is 13.0 Å². The lowest BCUT2D eigenvalue weighted by molar-refractivity contribution is -0.145. The minimum absolute atomic E-state index is 0.0807. The zero-order valence-electron chi connectivity index (χ0n) is 18.1. The molecule has 0 spiro atoms. The van der Waals surface area contributed by atoms with Crippen LogP contribution in [0.2, 0.25) is 0 Å². The molecule has 1 heterocycles. The van der Waals surface area contributed by atoms with Crippen molar-refractivity contribution in [3.05, 3.63) is 71.2 Å². The fourth-order valence-electron chi connectivity index (χ4n) is 3.12. The Kier molecular flexibility index (Phi) is 7.85. The van der Waals surface area contributed by atoms with Gasteiger partial charge >= 0.3 is 18.0 Å². The molecule has 1 aliphatic heterocycles. The third kappa shape index (κ3) is 6.22. The van der Waals surface area contributed by atoms with Crippen molar-refractivity contribution in [2.24, 2.45) is 0 Å². The SMILES string of the molecule is CCOC(=O)C1=C(COC(=O)COc2cccc(F)c2)NC(=O)NC1c1ccc(OC)cc1. The Hall–Kier alpha value is -4.08. The van der Waals surface area contributed by atoms with Gasteiger partial charge in [-0.1, -0.05) is 18.2 Å². The van der Waals surface area contributed by atoms with Crippen LogP contribution in [0.25, 0.3) is 0 Å². The Labute approximate surface area is 189 Å². The average Bonchev–Trinajstić information content (AvgIpc) is 2.81. The third-order valence-electron chi connectivity index (χ3n) is 4.63. The number of carbonyl (C=O) groups excluding carboxylic acids is 3. The highest BCUT2D eigenvalue weighted by Crippen LogP contribution is 2.29. The summed E-state index contributed by atoms with van der Waals surface area (Å²) in [5, 5.41) is 5.18. The van der Waals surface area contributed by atoms with E-state index in [2.05, 4.69) is 10.6 Å².